The van der Waals surface area contributed by atoms with Crippen molar-refractivity contribution in [2.45, 2.75) is 62.1 Å². The molecule has 220 valence electrons. The van der Waals surface area contributed by atoms with Crippen LogP contribution in [0.4, 0.5) is 0 Å². The molecule has 2 aromatic rings. The topological polar surface area (TPSA) is 132 Å². The van der Waals surface area contributed by atoms with E-state index < -0.39 is 45.3 Å². The first-order valence-electron chi connectivity index (χ1n) is 13.8. The lowest BCUT2D eigenvalue weighted by Gasteiger charge is -2.48. The number of rotatable bonds is 5. The van der Waals surface area contributed by atoms with Gasteiger partial charge in [0.25, 0.3) is 10.0 Å². The van der Waals surface area contributed by atoms with Crippen LogP contribution in [0.1, 0.15) is 48.0 Å². The minimum absolute atomic E-state index is 0.0340. The number of methoxy groups -OCH3 is 2. The molecule has 1 fully saturated rings. The number of para-hydroxylation sites is 1. The molecule has 11 nitrogen and oxygen atoms in total. The number of nitrogens with zero attached hydrogens (tertiary/aromatic N) is 3. The molecule has 3 aliphatic heterocycles. The van der Waals surface area contributed by atoms with Crippen LogP contribution in [0.15, 0.2) is 70.3 Å². The average Bonchev–Trinajstić information content (AvgIpc) is 3.39. The van der Waals surface area contributed by atoms with Crippen molar-refractivity contribution in [2.24, 2.45) is 10.5 Å². The molecule has 6 rings (SSSR count). The number of amidine groups is 1. The van der Waals surface area contributed by atoms with E-state index in [4.69, 9.17) is 14.2 Å². The number of carbonyl (C=O) groups excluding carboxylic acids is 3. The van der Waals surface area contributed by atoms with Gasteiger partial charge in [0.05, 0.1) is 30.3 Å². The van der Waals surface area contributed by atoms with Crippen LogP contribution in [-0.2, 0) is 29.1 Å². The lowest BCUT2D eigenvalue weighted by molar-refractivity contribution is -0.164. The predicted octanol–water partition coefficient (Wildman–Crippen LogP) is 3.19. The number of ketones is 1. The van der Waals surface area contributed by atoms with Gasteiger partial charge in [-0.1, -0.05) is 49.1 Å². The highest BCUT2D eigenvalue weighted by Gasteiger charge is 2.73. The van der Waals surface area contributed by atoms with Crippen molar-refractivity contribution < 1.29 is 37.0 Å². The largest absolute Gasteiger partial charge is 0.483 e. The van der Waals surface area contributed by atoms with Crippen molar-refractivity contribution in [2.75, 3.05) is 14.2 Å². The molecular weight excluding hydrogens is 562 g/mol. The molecule has 12 heteroatoms. The summed E-state index contributed by atoms with van der Waals surface area (Å²) in [6.07, 6.45) is 4.42. The Morgan fingerprint density at radius 3 is 2.36 bits per heavy atom. The first-order valence-corrected chi connectivity index (χ1v) is 15.3. The summed E-state index contributed by atoms with van der Waals surface area (Å²) in [5, 5.41) is 4.55. The highest BCUT2D eigenvalue weighted by atomic mass is 32.2. The van der Waals surface area contributed by atoms with Crippen LogP contribution in [0.25, 0.3) is 0 Å². The highest BCUT2D eigenvalue weighted by molar-refractivity contribution is 7.89. The van der Waals surface area contributed by atoms with Crippen LogP contribution in [0, 0.1) is 12.3 Å². The maximum Gasteiger partial charge on any atom is 0.333 e. The zero-order chi connectivity index (χ0) is 29.8. The number of fused-ring (bicyclic) bond motifs is 4. The van der Waals surface area contributed by atoms with E-state index in [1.54, 1.807) is 47.5 Å². The van der Waals surface area contributed by atoms with Crippen molar-refractivity contribution in [1.82, 2.24) is 9.31 Å². The number of ether oxygens (including phenoxy) is 3. The van der Waals surface area contributed by atoms with Crippen molar-refractivity contribution >= 4 is 33.6 Å². The van der Waals surface area contributed by atoms with E-state index in [0.717, 1.165) is 39.0 Å². The van der Waals surface area contributed by atoms with E-state index in [1.165, 1.54) is 12.1 Å². The molecule has 1 saturated carbocycles. The Kier molecular flexibility index (Phi) is 6.83. The molecule has 0 unspecified atom stereocenters. The molecular formula is C30H31N3O8S. The Labute approximate surface area is 243 Å². The van der Waals surface area contributed by atoms with Crippen LogP contribution in [-0.4, -0.2) is 73.7 Å². The number of benzene rings is 2. The standard InChI is InChI=1S/C30H31N3O8S/c1-18-13-15-20(16-14-18)42(37,38)33-25(27(35)39-2)30(29(36)40-3)26-22(24(34)21-11-7-8-12-23(21)41-26)17-32(28(30)31-33)19-9-5-4-6-10-19/h7-8,11-17,19,25-26H,4-6,9-10H2,1-3H3/t25-,26+,30+/m1/s1. The van der Waals surface area contributed by atoms with Crippen molar-refractivity contribution in [1.29, 1.82) is 0 Å². The lowest BCUT2D eigenvalue weighted by atomic mass is 9.67. The highest BCUT2D eigenvalue weighted by Crippen LogP contribution is 2.52. The molecule has 4 aliphatic rings. The predicted molar refractivity (Wildman–Crippen MR) is 150 cm³/mol. The van der Waals surface area contributed by atoms with E-state index in [1.807, 2.05) is 6.92 Å². The Hall–Kier alpha value is -4.19. The smallest absolute Gasteiger partial charge is 0.333 e. The quantitative estimate of drug-likeness (QED) is 0.480. The maximum absolute atomic E-state index is 14.2. The molecule has 3 heterocycles. The number of esters is 2. The number of hydrogen-bond acceptors (Lipinski definition) is 10. The Morgan fingerprint density at radius 1 is 1.00 bits per heavy atom. The minimum Gasteiger partial charge on any atom is -0.483 e. The molecule has 0 amide bonds. The van der Waals surface area contributed by atoms with Gasteiger partial charge in [0.1, 0.15) is 5.75 Å². The molecule has 0 aromatic heterocycles. The van der Waals surface area contributed by atoms with Gasteiger partial charge >= 0.3 is 11.9 Å². The first-order chi connectivity index (χ1) is 20.2. The average molecular weight is 594 g/mol. The summed E-state index contributed by atoms with van der Waals surface area (Å²) in [5.74, 6) is -2.25. The van der Waals surface area contributed by atoms with Gasteiger partial charge in [-0.05, 0) is 44.0 Å². The van der Waals surface area contributed by atoms with Crippen molar-refractivity contribution in [3.8, 4) is 5.75 Å². The summed E-state index contributed by atoms with van der Waals surface area (Å²) in [5.41, 5.74) is -0.964. The Balaban J connectivity index is 1.64. The summed E-state index contributed by atoms with van der Waals surface area (Å²) in [7, 11) is -2.28. The maximum atomic E-state index is 14.2. The third-order valence-electron chi connectivity index (χ3n) is 8.55. The van der Waals surface area contributed by atoms with Gasteiger partial charge in [0, 0.05) is 12.2 Å². The van der Waals surface area contributed by atoms with Crippen LogP contribution in [0.2, 0.25) is 0 Å². The Morgan fingerprint density at radius 2 is 1.69 bits per heavy atom. The van der Waals surface area contributed by atoms with Crippen molar-refractivity contribution in [3.05, 3.63) is 71.4 Å². The van der Waals surface area contributed by atoms with E-state index in [2.05, 4.69) is 5.10 Å². The summed E-state index contributed by atoms with van der Waals surface area (Å²) in [6, 6.07) is 10.6. The Bertz CT molecular complexity index is 1630. The van der Waals surface area contributed by atoms with E-state index >= 15 is 0 Å². The monoisotopic (exact) mass is 593 g/mol. The fourth-order valence-electron chi connectivity index (χ4n) is 6.47. The van der Waals surface area contributed by atoms with E-state index in [9.17, 15) is 22.8 Å². The second-order valence-electron chi connectivity index (χ2n) is 10.9. The number of aryl methyl sites for hydroxylation is 1. The van der Waals surface area contributed by atoms with Gasteiger partial charge in [-0.3, -0.25) is 9.59 Å². The first kappa shape index (κ1) is 28.0. The number of Topliss-reactive ketones (excluding diaryl/α,β-unsaturated/α-hetero) is 1. The molecule has 0 spiro atoms. The third-order valence-corrected chi connectivity index (χ3v) is 10.2. The zero-order valence-electron chi connectivity index (χ0n) is 23.5. The van der Waals surface area contributed by atoms with E-state index in [-0.39, 0.29) is 28.1 Å². The third kappa shape index (κ3) is 3.95. The SMILES string of the molecule is COC(=O)[C@H]1N(S(=O)(=O)c2ccc(C)cc2)N=C2N(C3CCCCC3)C=C3C(=O)c4ccccc4O[C@@H]3[C@]21C(=O)OC. The zero-order valence-corrected chi connectivity index (χ0v) is 24.3. The van der Waals surface area contributed by atoms with Crippen LogP contribution < -0.4 is 4.74 Å². The number of hydrazone groups is 1. The molecule has 2 aromatic carbocycles. The summed E-state index contributed by atoms with van der Waals surface area (Å²) in [6.45, 7) is 1.81. The van der Waals surface area contributed by atoms with Gasteiger partial charge in [-0.2, -0.15) is 12.8 Å². The van der Waals surface area contributed by atoms with Gasteiger partial charge in [0.15, 0.2) is 23.8 Å². The summed E-state index contributed by atoms with van der Waals surface area (Å²) in [4.78, 5) is 43.5. The molecule has 0 saturated heterocycles. The second kappa shape index (κ2) is 10.3. The molecule has 3 atom stereocenters. The minimum atomic E-state index is -4.52. The number of sulfonamides is 1. The van der Waals surface area contributed by atoms with Gasteiger partial charge in [-0.25, -0.2) is 4.79 Å². The number of hydrogen-bond donors (Lipinski definition) is 0. The molecule has 1 aliphatic carbocycles. The normalized spacial score (nSPS) is 25.4. The fraction of sp³-hybridized carbons (Fsp3) is 0.400. The summed E-state index contributed by atoms with van der Waals surface area (Å²) < 4.78 is 45.8. The van der Waals surface area contributed by atoms with E-state index in [0.29, 0.717) is 22.8 Å². The van der Waals surface area contributed by atoms with Gasteiger partial charge in [0.2, 0.25) is 5.41 Å². The fourth-order valence-corrected chi connectivity index (χ4v) is 7.88. The summed E-state index contributed by atoms with van der Waals surface area (Å²) >= 11 is 0. The number of carbonyl (C=O) groups is 3. The van der Waals surface area contributed by atoms with Crippen LogP contribution in [0.5, 0.6) is 5.75 Å². The lowest BCUT2D eigenvalue weighted by Crippen LogP contribution is -2.68. The van der Waals surface area contributed by atoms with Crippen LogP contribution >= 0.6 is 0 Å². The second-order valence-corrected chi connectivity index (χ2v) is 12.7. The van der Waals surface area contributed by atoms with Gasteiger partial charge < -0.3 is 19.1 Å². The molecule has 42 heavy (non-hydrogen) atoms. The molecule has 0 bridgehead atoms. The molecule has 0 radical (unpaired) electrons. The van der Waals surface area contributed by atoms with Crippen LogP contribution in [0.3, 0.4) is 0 Å². The van der Waals surface area contributed by atoms with Gasteiger partial charge in [-0.15, -0.1) is 5.10 Å². The van der Waals surface area contributed by atoms with Crippen molar-refractivity contribution in [3.63, 3.8) is 0 Å². The molecule has 0 N–H and O–H groups in total.